The number of halogens is 1. The molecule has 0 saturated heterocycles. The molecule has 0 heterocycles. The van der Waals surface area contributed by atoms with Gasteiger partial charge in [0.2, 0.25) is 0 Å². The summed E-state index contributed by atoms with van der Waals surface area (Å²) in [5.41, 5.74) is 3.12. The van der Waals surface area contributed by atoms with E-state index < -0.39 is 0 Å². The van der Waals surface area contributed by atoms with E-state index in [0.717, 1.165) is 12.0 Å². The normalized spacial score (nSPS) is 24.2. The fraction of sp³-hybridized carbons (Fsp3) is 0.600. The van der Waals surface area contributed by atoms with Crippen molar-refractivity contribution in [1.29, 1.82) is 0 Å². The van der Waals surface area contributed by atoms with Gasteiger partial charge in [0, 0.05) is 10.5 Å². The van der Waals surface area contributed by atoms with Gasteiger partial charge in [-0.15, -0.1) is 0 Å². The monoisotopic (exact) mass is 293 g/mol. The van der Waals surface area contributed by atoms with E-state index in [1.165, 1.54) is 49.5 Å². The minimum Gasteiger partial charge on any atom is -0.314 e. The van der Waals surface area contributed by atoms with Crippen LogP contribution in [0, 0.1) is 5.92 Å². The van der Waals surface area contributed by atoms with Gasteiger partial charge < -0.3 is 5.32 Å². The van der Waals surface area contributed by atoms with Crippen LogP contribution in [0.15, 0.2) is 22.7 Å². The zero-order valence-electron chi connectivity index (χ0n) is 10.2. The quantitative estimate of drug-likeness (QED) is 0.896. The number of aryl methyl sites for hydroxylation is 1. The molecule has 0 amide bonds. The smallest absolute Gasteiger partial charge is 0.0178 e. The molecule has 0 bridgehead atoms. The van der Waals surface area contributed by atoms with Crippen molar-refractivity contribution in [3.05, 3.63) is 33.8 Å². The first-order chi connectivity index (χ1) is 8.31. The number of fused-ring (bicyclic) bond motifs is 1. The number of rotatable bonds is 3. The molecule has 2 heteroatoms. The molecule has 0 aliphatic heterocycles. The summed E-state index contributed by atoms with van der Waals surface area (Å²) >= 11 is 3.56. The Morgan fingerprint density at radius 3 is 2.82 bits per heavy atom. The Morgan fingerprint density at radius 1 is 1.18 bits per heavy atom. The number of nitrogens with one attached hydrogen (secondary N) is 1. The Labute approximate surface area is 112 Å². The first-order valence-electron chi connectivity index (χ1n) is 6.82. The molecule has 92 valence electrons. The summed E-state index contributed by atoms with van der Waals surface area (Å²) in [6, 6.07) is 7.61. The summed E-state index contributed by atoms with van der Waals surface area (Å²) in [6.07, 6.45) is 8.10. The average molecular weight is 294 g/mol. The molecule has 1 saturated carbocycles. The predicted octanol–water partition coefficient (Wildman–Crippen LogP) is 3.70. The first-order valence-corrected chi connectivity index (χ1v) is 7.61. The minimum absolute atomic E-state index is 0.835. The van der Waals surface area contributed by atoms with E-state index in [4.69, 9.17) is 0 Å². The largest absolute Gasteiger partial charge is 0.314 e. The lowest BCUT2D eigenvalue weighted by Crippen LogP contribution is -2.39. The van der Waals surface area contributed by atoms with Gasteiger partial charge in [0.1, 0.15) is 0 Å². The van der Waals surface area contributed by atoms with Crippen LogP contribution < -0.4 is 5.32 Å². The molecule has 1 nitrogen and oxygen atoms in total. The molecule has 1 aromatic rings. The molecule has 0 spiro atoms. The van der Waals surface area contributed by atoms with E-state index >= 15 is 0 Å². The zero-order valence-corrected chi connectivity index (χ0v) is 11.8. The van der Waals surface area contributed by atoms with Crippen molar-refractivity contribution in [2.45, 2.75) is 44.6 Å². The van der Waals surface area contributed by atoms with Crippen LogP contribution >= 0.6 is 15.9 Å². The highest BCUT2D eigenvalue weighted by Crippen LogP contribution is 2.28. The maximum Gasteiger partial charge on any atom is 0.0178 e. The summed E-state index contributed by atoms with van der Waals surface area (Å²) in [6.45, 7) is 1.22. The summed E-state index contributed by atoms with van der Waals surface area (Å²) in [4.78, 5) is 0. The second-order valence-corrected chi connectivity index (χ2v) is 6.47. The highest BCUT2D eigenvalue weighted by molar-refractivity contribution is 9.10. The second kappa shape index (κ2) is 5.11. The van der Waals surface area contributed by atoms with Crippen molar-refractivity contribution in [3.8, 4) is 0 Å². The van der Waals surface area contributed by atoms with Crippen LogP contribution in [0.5, 0.6) is 0 Å². The van der Waals surface area contributed by atoms with Crippen molar-refractivity contribution in [3.63, 3.8) is 0 Å². The van der Waals surface area contributed by atoms with Gasteiger partial charge in [-0.05, 0) is 67.8 Å². The van der Waals surface area contributed by atoms with Gasteiger partial charge in [-0.1, -0.05) is 28.4 Å². The van der Waals surface area contributed by atoms with Crippen LogP contribution in [0.2, 0.25) is 0 Å². The third kappa shape index (κ3) is 2.74. The summed E-state index contributed by atoms with van der Waals surface area (Å²) in [5, 5.41) is 3.72. The van der Waals surface area contributed by atoms with Crippen molar-refractivity contribution >= 4 is 15.9 Å². The zero-order chi connectivity index (χ0) is 11.7. The number of hydrogen-bond donors (Lipinski definition) is 1. The molecule has 0 radical (unpaired) electrons. The van der Waals surface area contributed by atoms with Crippen LogP contribution in [-0.4, -0.2) is 12.6 Å². The van der Waals surface area contributed by atoms with E-state index in [0.29, 0.717) is 0 Å². The maximum absolute atomic E-state index is 3.72. The SMILES string of the molecule is Brc1ccc2c(c1)CCC(CNC1CCC1)C2. The lowest BCUT2D eigenvalue weighted by atomic mass is 9.83. The maximum atomic E-state index is 3.72. The van der Waals surface area contributed by atoms with Gasteiger partial charge in [0.25, 0.3) is 0 Å². The van der Waals surface area contributed by atoms with Crippen LogP contribution in [0.1, 0.15) is 36.8 Å². The van der Waals surface area contributed by atoms with E-state index in [1.54, 1.807) is 11.1 Å². The number of hydrogen-bond acceptors (Lipinski definition) is 1. The van der Waals surface area contributed by atoms with Gasteiger partial charge in [-0.2, -0.15) is 0 Å². The van der Waals surface area contributed by atoms with Gasteiger partial charge in [-0.3, -0.25) is 0 Å². The third-order valence-electron chi connectivity index (χ3n) is 4.30. The molecule has 1 fully saturated rings. The standard InChI is InChI=1S/C15H20BrN/c16-14-7-6-12-8-11(4-5-13(12)9-14)10-17-15-2-1-3-15/h6-7,9,11,15,17H,1-5,8,10H2. The first kappa shape index (κ1) is 11.7. The molecule has 2 aliphatic rings. The van der Waals surface area contributed by atoms with Gasteiger partial charge in [0.15, 0.2) is 0 Å². The van der Waals surface area contributed by atoms with E-state index in [-0.39, 0.29) is 0 Å². The minimum atomic E-state index is 0.835. The molecular formula is C15H20BrN. The fourth-order valence-electron chi connectivity index (χ4n) is 2.92. The summed E-state index contributed by atoms with van der Waals surface area (Å²) in [5.74, 6) is 0.851. The lowest BCUT2D eigenvalue weighted by molar-refractivity contribution is 0.305. The number of benzene rings is 1. The van der Waals surface area contributed by atoms with E-state index in [1.807, 2.05) is 0 Å². The van der Waals surface area contributed by atoms with Gasteiger partial charge in [0.05, 0.1) is 0 Å². The Morgan fingerprint density at radius 2 is 2.06 bits per heavy atom. The van der Waals surface area contributed by atoms with Crippen LogP contribution in [0.25, 0.3) is 0 Å². The molecule has 1 N–H and O–H groups in total. The van der Waals surface area contributed by atoms with Crippen molar-refractivity contribution in [2.24, 2.45) is 5.92 Å². The molecule has 17 heavy (non-hydrogen) atoms. The molecule has 1 atom stereocenters. The predicted molar refractivity (Wildman–Crippen MR) is 75.3 cm³/mol. The second-order valence-electron chi connectivity index (χ2n) is 5.56. The van der Waals surface area contributed by atoms with Crippen LogP contribution in [0.4, 0.5) is 0 Å². The molecule has 3 rings (SSSR count). The topological polar surface area (TPSA) is 12.0 Å². The lowest BCUT2D eigenvalue weighted by Gasteiger charge is -2.31. The highest BCUT2D eigenvalue weighted by atomic mass is 79.9. The van der Waals surface area contributed by atoms with Crippen LogP contribution in [0.3, 0.4) is 0 Å². The van der Waals surface area contributed by atoms with Crippen molar-refractivity contribution in [1.82, 2.24) is 5.32 Å². The van der Waals surface area contributed by atoms with Crippen LogP contribution in [-0.2, 0) is 12.8 Å². The highest BCUT2D eigenvalue weighted by Gasteiger charge is 2.21. The third-order valence-corrected chi connectivity index (χ3v) is 4.79. The molecular weight excluding hydrogens is 274 g/mol. The Hall–Kier alpha value is -0.340. The van der Waals surface area contributed by atoms with Gasteiger partial charge in [-0.25, -0.2) is 0 Å². The fourth-order valence-corrected chi connectivity index (χ4v) is 3.33. The Kier molecular flexibility index (Phi) is 3.53. The average Bonchev–Trinajstić information content (AvgIpc) is 2.27. The molecule has 2 aliphatic carbocycles. The van der Waals surface area contributed by atoms with Crippen molar-refractivity contribution < 1.29 is 0 Å². The molecule has 1 unspecified atom stereocenters. The Bertz CT molecular complexity index is 398. The van der Waals surface area contributed by atoms with Crippen molar-refractivity contribution in [2.75, 3.05) is 6.54 Å². The van der Waals surface area contributed by atoms with Gasteiger partial charge >= 0.3 is 0 Å². The van der Waals surface area contributed by atoms with E-state index in [9.17, 15) is 0 Å². The molecule has 1 aromatic carbocycles. The Balaban J connectivity index is 1.58. The van der Waals surface area contributed by atoms with E-state index in [2.05, 4.69) is 39.4 Å². The summed E-state index contributed by atoms with van der Waals surface area (Å²) < 4.78 is 1.22. The summed E-state index contributed by atoms with van der Waals surface area (Å²) in [7, 11) is 0. The molecule has 0 aromatic heterocycles.